The standard InChI is InChI=1S/C15H19N5O2S2/c1-8(2)11(12(21)18-13(16)22)23-15-20-19-14(24-15)17-10-6-4-9(3)5-7-10/h4-8,11H,1-3H3,(H,17,19)(H3,16,18,21,22)/t11-/m0/s1. The van der Waals surface area contributed by atoms with Gasteiger partial charge in [0, 0.05) is 5.69 Å². The van der Waals surface area contributed by atoms with Crippen molar-refractivity contribution in [3.05, 3.63) is 29.8 Å². The van der Waals surface area contributed by atoms with E-state index in [1.165, 1.54) is 28.7 Å². The molecule has 7 nitrogen and oxygen atoms in total. The van der Waals surface area contributed by atoms with Gasteiger partial charge in [-0.25, -0.2) is 4.79 Å². The van der Waals surface area contributed by atoms with Crippen molar-refractivity contribution in [3.63, 3.8) is 0 Å². The molecule has 1 heterocycles. The molecule has 0 fully saturated rings. The van der Waals surface area contributed by atoms with Crippen LogP contribution in [0.25, 0.3) is 0 Å². The predicted molar refractivity (Wildman–Crippen MR) is 96.6 cm³/mol. The molecule has 2 rings (SSSR count). The number of hydrogen-bond donors (Lipinski definition) is 3. The molecule has 9 heteroatoms. The molecule has 0 radical (unpaired) electrons. The molecule has 4 N–H and O–H groups in total. The number of anilines is 2. The molecule has 0 aliphatic carbocycles. The van der Waals surface area contributed by atoms with E-state index < -0.39 is 17.2 Å². The number of carbonyl (C=O) groups is 2. The second kappa shape index (κ2) is 8.11. The van der Waals surface area contributed by atoms with Crippen LogP contribution in [0.15, 0.2) is 28.6 Å². The van der Waals surface area contributed by atoms with Gasteiger partial charge in [0.15, 0.2) is 4.34 Å². The summed E-state index contributed by atoms with van der Waals surface area (Å²) in [4.78, 5) is 22.9. The zero-order valence-electron chi connectivity index (χ0n) is 13.6. The minimum absolute atomic E-state index is 0.00626. The minimum atomic E-state index is -0.856. The van der Waals surface area contributed by atoms with Crippen LogP contribution in [-0.4, -0.2) is 27.4 Å². The Morgan fingerprint density at radius 1 is 1.21 bits per heavy atom. The van der Waals surface area contributed by atoms with Gasteiger partial charge in [-0.2, -0.15) is 0 Å². The zero-order valence-corrected chi connectivity index (χ0v) is 15.2. The summed E-state index contributed by atoms with van der Waals surface area (Å²) in [5.74, 6) is -0.419. The lowest BCUT2D eigenvalue weighted by molar-refractivity contribution is -0.120. The van der Waals surface area contributed by atoms with E-state index in [0.717, 1.165) is 5.69 Å². The van der Waals surface area contributed by atoms with Crippen LogP contribution in [0.5, 0.6) is 0 Å². The third-order valence-corrected chi connectivity index (χ3v) is 5.52. The molecular formula is C15H19N5O2S2. The van der Waals surface area contributed by atoms with E-state index in [1.54, 1.807) is 0 Å². The molecular weight excluding hydrogens is 346 g/mol. The lowest BCUT2D eigenvalue weighted by Crippen LogP contribution is -2.42. The summed E-state index contributed by atoms with van der Waals surface area (Å²) in [7, 11) is 0. The number of carbonyl (C=O) groups excluding carboxylic acids is 2. The van der Waals surface area contributed by atoms with Gasteiger partial charge in [-0.1, -0.05) is 54.6 Å². The number of benzene rings is 1. The molecule has 0 bridgehead atoms. The lowest BCUT2D eigenvalue weighted by Gasteiger charge is -2.16. The summed E-state index contributed by atoms with van der Waals surface area (Å²) in [6, 6.07) is 7.07. The Morgan fingerprint density at radius 2 is 1.88 bits per heavy atom. The number of urea groups is 1. The highest BCUT2D eigenvalue weighted by Gasteiger charge is 2.26. The number of nitrogens with zero attached hydrogens (tertiary/aromatic N) is 2. The first-order valence-corrected chi connectivity index (χ1v) is 8.99. The summed E-state index contributed by atoms with van der Waals surface area (Å²) in [6.07, 6.45) is 0. The van der Waals surface area contributed by atoms with Crippen molar-refractivity contribution >= 4 is 45.9 Å². The number of amides is 3. The molecule has 0 spiro atoms. The Balaban J connectivity index is 2.04. The maximum Gasteiger partial charge on any atom is 0.318 e. The highest BCUT2D eigenvalue weighted by atomic mass is 32.2. The molecule has 0 aliphatic heterocycles. The predicted octanol–water partition coefficient (Wildman–Crippen LogP) is 2.90. The second-order valence-electron chi connectivity index (χ2n) is 5.50. The first-order chi connectivity index (χ1) is 11.3. The Bertz CT molecular complexity index is 715. The molecule has 1 aromatic carbocycles. The third-order valence-electron chi connectivity index (χ3n) is 3.05. The van der Waals surface area contributed by atoms with Gasteiger partial charge in [0.25, 0.3) is 0 Å². The van der Waals surface area contributed by atoms with Gasteiger partial charge in [0.2, 0.25) is 11.0 Å². The van der Waals surface area contributed by atoms with Crippen LogP contribution in [0.3, 0.4) is 0 Å². The van der Waals surface area contributed by atoms with Crippen LogP contribution in [0.1, 0.15) is 19.4 Å². The SMILES string of the molecule is Cc1ccc(Nc2nnc(S[C@H](C(=O)NC(N)=O)C(C)C)s2)cc1. The highest BCUT2D eigenvalue weighted by Crippen LogP contribution is 2.33. The largest absolute Gasteiger partial charge is 0.351 e. The van der Waals surface area contributed by atoms with Crippen molar-refractivity contribution in [3.8, 4) is 0 Å². The number of nitrogens with two attached hydrogens (primary N) is 1. The van der Waals surface area contributed by atoms with E-state index in [4.69, 9.17) is 5.73 Å². The fourth-order valence-electron chi connectivity index (χ4n) is 1.86. The van der Waals surface area contributed by atoms with Gasteiger partial charge in [-0.15, -0.1) is 10.2 Å². The molecule has 0 aliphatic rings. The Hall–Kier alpha value is -2.13. The normalized spacial score (nSPS) is 12.0. The molecule has 2 aromatic rings. The summed E-state index contributed by atoms with van der Waals surface area (Å²) in [5, 5.41) is 13.6. The molecule has 0 saturated carbocycles. The number of hydrogen-bond acceptors (Lipinski definition) is 7. The zero-order chi connectivity index (χ0) is 17.7. The summed E-state index contributed by atoms with van der Waals surface area (Å²) in [6.45, 7) is 5.81. The highest BCUT2D eigenvalue weighted by molar-refractivity contribution is 8.02. The number of primary amides is 1. The topological polar surface area (TPSA) is 110 Å². The number of thioether (sulfide) groups is 1. The van der Waals surface area contributed by atoms with Crippen molar-refractivity contribution < 1.29 is 9.59 Å². The smallest absolute Gasteiger partial charge is 0.318 e. The summed E-state index contributed by atoms with van der Waals surface area (Å²) < 4.78 is 0.642. The Labute approximate surface area is 148 Å². The van der Waals surface area contributed by atoms with Gasteiger partial charge in [0.1, 0.15) is 0 Å². The van der Waals surface area contributed by atoms with Crippen LogP contribution in [0, 0.1) is 12.8 Å². The van der Waals surface area contributed by atoms with Crippen LogP contribution < -0.4 is 16.4 Å². The van der Waals surface area contributed by atoms with Crippen molar-refractivity contribution in [1.82, 2.24) is 15.5 Å². The number of imide groups is 1. The van der Waals surface area contributed by atoms with E-state index in [0.29, 0.717) is 9.47 Å². The van der Waals surface area contributed by atoms with Crippen LogP contribution in [-0.2, 0) is 4.79 Å². The number of aryl methyl sites for hydroxylation is 1. The molecule has 0 saturated heterocycles. The van der Waals surface area contributed by atoms with Gasteiger partial charge in [-0.05, 0) is 25.0 Å². The van der Waals surface area contributed by atoms with Crippen LogP contribution in [0.4, 0.5) is 15.6 Å². The maximum atomic E-state index is 12.0. The van der Waals surface area contributed by atoms with Crippen LogP contribution in [0.2, 0.25) is 0 Å². The summed E-state index contributed by atoms with van der Waals surface area (Å²) in [5.41, 5.74) is 7.10. The van der Waals surface area contributed by atoms with Crippen molar-refractivity contribution in [2.45, 2.75) is 30.4 Å². The monoisotopic (exact) mass is 365 g/mol. The lowest BCUT2D eigenvalue weighted by atomic mass is 10.1. The molecule has 1 aromatic heterocycles. The number of aromatic nitrogens is 2. The fourth-order valence-corrected chi connectivity index (χ4v) is 3.84. The van der Waals surface area contributed by atoms with Gasteiger partial charge in [0.05, 0.1) is 5.25 Å². The number of nitrogens with one attached hydrogen (secondary N) is 2. The number of rotatable bonds is 6. The minimum Gasteiger partial charge on any atom is -0.351 e. The van der Waals surface area contributed by atoms with E-state index in [-0.39, 0.29) is 5.92 Å². The first-order valence-electron chi connectivity index (χ1n) is 7.29. The maximum absolute atomic E-state index is 12.0. The van der Waals surface area contributed by atoms with E-state index in [2.05, 4.69) is 20.8 Å². The second-order valence-corrected chi connectivity index (χ2v) is 7.87. The van der Waals surface area contributed by atoms with E-state index >= 15 is 0 Å². The van der Waals surface area contributed by atoms with Crippen molar-refractivity contribution in [2.75, 3.05) is 5.32 Å². The average Bonchev–Trinajstić information content (AvgIpc) is 2.93. The molecule has 1 atom stereocenters. The van der Waals surface area contributed by atoms with Crippen molar-refractivity contribution in [1.29, 1.82) is 0 Å². The molecule has 3 amide bonds. The first kappa shape index (κ1) is 18.2. The Kier molecular flexibility index (Phi) is 6.16. The van der Waals surface area contributed by atoms with Gasteiger partial charge >= 0.3 is 6.03 Å². The van der Waals surface area contributed by atoms with E-state index in [1.807, 2.05) is 45.0 Å². The fraction of sp³-hybridized carbons (Fsp3) is 0.333. The van der Waals surface area contributed by atoms with Gasteiger partial charge < -0.3 is 11.1 Å². The molecule has 0 unspecified atom stereocenters. The quantitative estimate of drug-likeness (QED) is 0.679. The van der Waals surface area contributed by atoms with E-state index in [9.17, 15) is 9.59 Å². The summed E-state index contributed by atoms with van der Waals surface area (Å²) >= 11 is 2.61. The average molecular weight is 365 g/mol. The Morgan fingerprint density at radius 3 is 2.46 bits per heavy atom. The molecule has 128 valence electrons. The van der Waals surface area contributed by atoms with Gasteiger partial charge in [-0.3, -0.25) is 10.1 Å². The van der Waals surface area contributed by atoms with Crippen molar-refractivity contribution in [2.24, 2.45) is 11.7 Å². The molecule has 24 heavy (non-hydrogen) atoms. The van der Waals surface area contributed by atoms with Crippen LogP contribution >= 0.6 is 23.1 Å². The third kappa shape index (κ3) is 5.20.